The number of aromatic amines is 1. The molecule has 0 aliphatic rings. The smallest absolute Gasteiger partial charge is 0.281 e. The molecule has 3 rings (SSSR count). The lowest BCUT2D eigenvalue weighted by Gasteiger charge is -2.00. The highest BCUT2D eigenvalue weighted by Gasteiger charge is 2.15. The summed E-state index contributed by atoms with van der Waals surface area (Å²) < 4.78 is 0.895. The van der Waals surface area contributed by atoms with Crippen LogP contribution in [0, 0.1) is 10.1 Å². The number of para-hydroxylation sites is 1. The first-order chi connectivity index (χ1) is 10.1. The molecule has 0 amide bonds. The van der Waals surface area contributed by atoms with Crippen LogP contribution in [0.3, 0.4) is 0 Å². The molecule has 0 bridgehead atoms. The maximum Gasteiger partial charge on any atom is 0.281 e. The zero-order valence-electron chi connectivity index (χ0n) is 10.6. The molecule has 0 aliphatic heterocycles. The molecule has 7 heteroatoms. The Bertz CT molecular complexity index is 906. The molecule has 0 unspecified atom stereocenters. The molecular weight excluding hydrogens is 274 g/mol. The molecule has 0 spiro atoms. The Kier molecular flexibility index (Phi) is 2.87. The monoisotopic (exact) mass is 283 g/mol. The van der Waals surface area contributed by atoms with E-state index >= 15 is 0 Å². The zero-order valence-corrected chi connectivity index (χ0v) is 10.6. The third kappa shape index (κ3) is 2.10. The van der Waals surface area contributed by atoms with E-state index in [2.05, 4.69) is 5.10 Å². The van der Waals surface area contributed by atoms with Crippen LogP contribution in [-0.2, 0) is 0 Å². The molecule has 0 saturated carbocycles. The number of rotatable bonds is 2. The van der Waals surface area contributed by atoms with Crippen molar-refractivity contribution in [3.63, 3.8) is 0 Å². The minimum Gasteiger partial charge on any atom is -0.288 e. The number of nitro benzene ring substituents is 1. The van der Waals surface area contributed by atoms with Gasteiger partial charge in [-0.25, -0.2) is 0 Å². The number of hydrogen-bond donors (Lipinski definition) is 1. The van der Waals surface area contributed by atoms with Gasteiger partial charge in [-0.05, 0) is 24.3 Å². The predicted octanol–water partition coefficient (Wildman–Crippen LogP) is 1.93. The third-order valence-electron chi connectivity index (χ3n) is 3.12. The van der Waals surface area contributed by atoms with Gasteiger partial charge < -0.3 is 0 Å². The summed E-state index contributed by atoms with van der Waals surface area (Å²) in [4.78, 5) is 34.4. The molecule has 1 aromatic heterocycles. The Hall–Kier alpha value is -3.22. The van der Waals surface area contributed by atoms with Gasteiger partial charge >= 0.3 is 0 Å². The molecule has 3 aromatic rings. The first-order valence-corrected chi connectivity index (χ1v) is 6.07. The largest absolute Gasteiger partial charge is 0.288 e. The van der Waals surface area contributed by atoms with E-state index in [0.29, 0.717) is 10.9 Å². The van der Waals surface area contributed by atoms with Crippen molar-refractivity contribution in [1.82, 2.24) is 9.78 Å². The van der Waals surface area contributed by atoms with Crippen LogP contribution in [0.15, 0.2) is 53.3 Å². The Morgan fingerprint density at radius 2 is 1.76 bits per heavy atom. The molecular formula is C14H9N3O4. The SMILES string of the molecule is O=C(c1ccc([N+](=O)[O-])cc1)n1[nH]c2ccccc2c1=O. The van der Waals surface area contributed by atoms with Crippen LogP contribution in [0.25, 0.3) is 10.9 Å². The highest BCUT2D eigenvalue weighted by Crippen LogP contribution is 2.13. The van der Waals surface area contributed by atoms with Crippen molar-refractivity contribution < 1.29 is 9.72 Å². The lowest BCUT2D eigenvalue weighted by atomic mass is 10.2. The van der Waals surface area contributed by atoms with Gasteiger partial charge in [0, 0.05) is 17.7 Å². The average Bonchev–Trinajstić information content (AvgIpc) is 2.84. The Labute approximate surface area is 117 Å². The van der Waals surface area contributed by atoms with Crippen LogP contribution in [0.1, 0.15) is 10.4 Å². The molecule has 0 saturated heterocycles. The predicted molar refractivity (Wildman–Crippen MR) is 75.4 cm³/mol. The fourth-order valence-corrected chi connectivity index (χ4v) is 2.06. The van der Waals surface area contributed by atoms with Gasteiger partial charge in [-0.15, -0.1) is 0 Å². The maximum absolute atomic E-state index is 12.3. The van der Waals surface area contributed by atoms with E-state index in [1.807, 2.05) is 0 Å². The van der Waals surface area contributed by atoms with E-state index in [1.54, 1.807) is 24.3 Å². The van der Waals surface area contributed by atoms with Gasteiger partial charge in [0.1, 0.15) is 0 Å². The van der Waals surface area contributed by atoms with E-state index in [-0.39, 0.29) is 11.3 Å². The molecule has 0 aliphatic carbocycles. The molecule has 1 heterocycles. The van der Waals surface area contributed by atoms with Gasteiger partial charge in [-0.3, -0.25) is 24.8 Å². The Balaban J connectivity index is 2.06. The van der Waals surface area contributed by atoms with Crippen LogP contribution in [0.4, 0.5) is 5.69 Å². The van der Waals surface area contributed by atoms with Crippen LogP contribution in [0.5, 0.6) is 0 Å². The fourth-order valence-electron chi connectivity index (χ4n) is 2.06. The van der Waals surface area contributed by atoms with Gasteiger partial charge in [0.2, 0.25) is 0 Å². The van der Waals surface area contributed by atoms with E-state index in [0.717, 1.165) is 4.68 Å². The van der Waals surface area contributed by atoms with Crippen LogP contribution < -0.4 is 5.56 Å². The van der Waals surface area contributed by atoms with Crippen molar-refractivity contribution in [3.8, 4) is 0 Å². The highest BCUT2D eigenvalue weighted by atomic mass is 16.6. The zero-order chi connectivity index (χ0) is 15.0. The molecule has 0 atom stereocenters. The van der Waals surface area contributed by atoms with E-state index in [1.165, 1.54) is 24.3 Å². The second-order valence-electron chi connectivity index (χ2n) is 4.41. The van der Waals surface area contributed by atoms with E-state index in [9.17, 15) is 19.7 Å². The van der Waals surface area contributed by atoms with Crippen molar-refractivity contribution in [3.05, 3.63) is 74.6 Å². The molecule has 1 N–H and O–H groups in total. The van der Waals surface area contributed by atoms with E-state index in [4.69, 9.17) is 0 Å². The topological polar surface area (TPSA) is 98.0 Å². The Morgan fingerprint density at radius 3 is 2.38 bits per heavy atom. The molecule has 0 fully saturated rings. The van der Waals surface area contributed by atoms with Crippen LogP contribution in [-0.4, -0.2) is 20.6 Å². The Morgan fingerprint density at radius 1 is 1.10 bits per heavy atom. The summed E-state index contributed by atoms with van der Waals surface area (Å²) >= 11 is 0. The fraction of sp³-hybridized carbons (Fsp3) is 0. The number of H-pyrrole nitrogens is 1. The number of carbonyl (C=O) groups is 1. The summed E-state index contributed by atoms with van der Waals surface area (Å²) in [6, 6.07) is 11.8. The summed E-state index contributed by atoms with van der Waals surface area (Å²) in [5.41, 5.74) is 0.177. The molecule has 21 heavy (non-hydrogen) atoms. The van der Waals surface area contributed by atoms with Crippen molar-refractivity contribution in [2.75, 3.05) is 0 Å². The third-order valence-corrected chi connectivity index (χ3v) is 3.12. The average molecular weight is 283 g/mol. The lowest BCUT2D eigenvalue weighted by molar-refractivity contribution is -0.384. The van der Waals surface area contributed by atoms with Gasteiger partial charge in [0.25, 0.3) is 17.2 Å². The van der Waals surface area contributed by atoms with E-state index < -0.39 is 16.4 Å². The number of fused-ring (bicyclic) bond motifs is 1. The van der Waals surface area contributed by atoms with Crippen molar-refractivity contribution in [2.24, 2.45) is 0 Å². The number of aromatic nitrogens is 2. The quantitative estimate of drug-likeness (QED) is 0.573. The normalized spacial score (nSPS) is 10.7. The standard InChI is InChI=1S/C14H9N3O4/c18-13(9-5-7-10(8-6-9)17(20)21)16-14(19)11-3-1-2-4-12(11)15-16/h1-8,15H. The van der Waals surface area contributed by atoms with Crippen LogP contribution >= 0.6 is 0 Å². The number of carbonyl (C=O) groups excluding carboxylic acids is 1. The number of nitrogens with zero attached hydrogens (tertiary/aromatic N) is 2. The van der Waals surface area contributed by atoms with Gasteiger partial charge in [0.05, 0.1) is 15.8 Å². The van der Waals surface area contributed by atoms with Crippen molar-refractivity contribution in [1.29, 1.82) is 0 Å². The van der Waals surface area contributed by atoms with Gasteiger partial charge in [-0.1, -0.05) is 12.1 Å². The summed E-state index contributed by atoms with van der Waals surface area (Å²) in [6.07, 6.45) is 0. The molecule has 0 radical (unpaired) electrons. The second-order valence-corrected chi connectivity index (χ2v) is 4.41. The summed E-state index contributed by atoms with van der Waals surface area (Å²) in [7, 11) is 0. The van der Waals surface area contributed by atoms with Gasteiger partial charge in [-0.2, -0.15) is 4.68 Å². The number of nitro groups is 1. The maximum atomic E-state index is 12.3. The van der Waals surface area contributed by atoms with Crippen LogP contribution in [0.2, 0.25) is 0 Å². The molecule has 104 valence electrons. The van der Waals surface area contributed by atoms with Crippen molar-refractivity contribution in [2.45, 2.75) is 0 Å². The minimum absolute atomic E-state index is 0.115. The number of hydrogen-bond acceptors (Lipinski definition) is 4. The van der Waals surface area contributed by atoms with Gasteiger partial charge in [0.15, 0.2) is 0 Å². The first kappa shape index (κ1) is 12.8. The highest BCUT2D eigenvalue weighted by molar-refractivity contribution is 5.97. The number of non-ortho nitro benzene ring substituents is 1. The summed E-state index contributed by atoms with van der Waals surface area (Å²) in [6.45, 7) is 0. The molecule has 7 nitrogen and oxygen atoms in total. The second kappa shape index (κ2) is 4.71. The minimum atomic E-state index is -0.564. The number of benzene rings is 2. The number of nitrogens with one attached hydrogen (secondary N) is 1. The van der Waals surface area contributed by atoms with Crippen molar-refractivity contribution >= 4 is 22.5 Å². The first-order valence-electron chi connectivity index (χ1n) is 6.07. The lowest BCUT2D eigenvalue weighted by Crippen LogP contribution is -2.25. The molecule has 2 aromatic carbocycles. The summed E-state index contributed by atoms with van der Waals surface area (Å²) in [5, 5.41) is 13.7. The summed E-state index contributed by atoms with van der Waals surface area (Å²) in [5.74, 6) is -0.564.